The Morgan fingerprint density at radius 2 is 2.14 bits per heavy atom. The smallest absolute Gasteiger partial charge is 0.269 e. The fraction of sp³-hybridized carbons (Fsp3) is 0.429. The summed E-state index contributed by atoms with van der Waals surface area (Å²) >= 11 is 0. The first-order chi connectivity index (χ1) is 14.0. The van der Waals surface area contributed by atoms with Crippen LogP contribution in [0.3, 0.4) is 0 Å². The highest BCUT2D eigenvalue weighted by atomic mass is 16.2. The lowest BCUT2D eigenvalue weighted by Crippen LogP contribution is -2.39. The molecule has 2 amide bonds. The van der Waals surface area contributed by atoms with Crippen molar-refractivity contribution in [2.75, 3.05) is 27.2 Å². The van der Waals surface area contributed by atoms with E-state index in [2.05, 4.69) is 33.5 Å². The van der Waals surface area contributed by atoms with Crippen LogP contribution in [0.15, 0.2) is 36.7 Å². The van der Waals surface area contributed by atoms with Gasteiger partial charge in [0, 0.05) is 56.6 Å². The number of benzene rings is 1. The number of hydrogen-bond donors (Lipinski definition) is 1. The number of rotatable bonds is 5. The Morgan fingerprint density at radius 3 is 2.90 bits per heavy atom. The SMILES string of the molecule is CN(C)C(=O)c1cc2ccc(C3CCCN(C(=O)CCn4ccnn4)C3)cc2[nH]1. The topological polar surface area (TPSA) is 87.1 Å². The van der Waals surface area contributed by atoms with Gasteiger partial charge in [-0.2, -0.15) is 0 Å². The first kappa shape index (κ1) is 19.2. The number of fused-ring (bicyclic) bond motifs is 1. The molecule has 0 spiro atoms. The third kappa shape index (κ3) is 4.16. The average Bonchev–Trinajstić information content (AvgIpc) is 3.40. The number of aromatic nitrogens is 4. The van der Waals surface area contributed by atoms with Gasteiger partial charge in [-0.25, -0.2) is 0 Å². The summed E-state index contributed by atoms with van der Waals surface area (Å²) in [6.45, 7) is 2.09. The molecule has 1 atom stereocenters. The lowest BCUT2D eigenvalue weighted by molar-refractivity contribution is -0.132. The number of piperidine rings is 1. The van der Waals surface area contributed by atoms with Crippen LogP contribution in [0.1, 0.15) is 41.2 Å². The van der Waals surface area contributed by atoms with Crippen molar-refractivity contribution in [1.82, 2.24) is 29.8 Å². The number of hydrogen-bond acceptors (Lipinski definition) is 4. The lowest BCUT2D eigenvalue weighted by atomic mass is 9.90. The summed E-state index contributed by atoms with van der Waals surface area (Å²) < 4.78 is 1.69. The molecule has 1 aliphatic heterocycles. The van der Waals surface area contributed by atoms with Crippen molar-refractivity contribution < 1.29 is 9.59 Å². The minimum absolute atomic E-state index is 0.0374. The van der Waals surface area contributed by atoms with Gasteiger partial charge in [0.25, 0.3) is 5.91 Å². The molecule has 0 bridgehead atoms. The van der Waals surface area contributed by atoms with Crippen molar-refractivity contribution in [3.8, 4) is 0 Å². The van der Waals surface area contributed by atoms with Gasteiger partial charge >= 0.3 is 0 Å². The largest absolute Gasteiger partial charge is 0.351 e. The maximum Gasteiger partial charge on any atom is 0.269 e. The van der Waals surface area contributed by atoms with E-state index in [9.17, 15) is 9.59 Å². The molecule has 1 fully saturated rings. The number of aryl methyl sites for hydroxylation is 1. The zero-order valence-electron chi connectivity index (χ0n) is 16.8. The van der Waals surface area contributed by atoms with Crippen LogP contribution in [0.5, 0.6) is 0 Å². The Kier molecular flexibility index (Phi) is 5.33. The van der Waals surface area contributed by atoms with Crippen LogP contribution in [-0.4, -0.2) is 68.8 Å². The van der Waals surface area contributed by atoms with E-state index < -0.39 is 0 Å². The molecule has 8 heteroatoms. The Morgan fingerprint density at radius 1 is 1.28 bits per heavy atom. The Hall–Kier alpha value is -3.16. The number of aromatic amines is 1. The third-order valence-electron chi connectivity index (χ3n) is 5.56. The van der Waals surface area contributed by atoms with Gasteiger partial charge in [-0.15, -0.1) is 5.10 Å². The van der Waals surface area contributed by atoms with Crippen molar-refractivity contribution in [2.24, 2.45) is 0 Å². The molecule has 1 saturated heterocycles. The minimum atomic E-state index is -0.0374. The van der Waals surface area contributed by atoms with Crippen LogP contribution >= 0.6 is 0 Å². The summed E-state index contributed by atoms with van der Waals surface area (Å²) in [5.74, 6) is 0.425. The molecule has 1 aliphatic rings. The second kappa shape index (κ2) is 8.06. The molecule has 3 aromatic rings. The van der Waals surface area contributed by atoms with Crippen LogP contribution in [0.25, 0.3) is 10.9 Å². The van der Waals surface area contributed by atoms with Crippen LogP contribution in [0.4, 0.5) is 0 Å². The summed E-state index contributed by atoms with van der Waals surface area (Å²) in [5, 5.41) is 8.71. The fourth-order valence-electron chi connectivity index (χ4n) is 3.95. The molecule has 0 saturated carbocycles. The summed E-state index contributed by atoms with van der Waals surface area (Å²) in [5.41, 5.74) is 2.76. The molecule has 0 radical (unpaired) electrons. The predicted molar refractivity (Wildman–Crippen MR) is 110 cm³/mol. The van der Waals surface area contributed by atoms with Gasteiger partial charge in [0.2, 0.25) is 5.91 Å². The Balaban J connectivity index is 1.45. The lowest BCUT2D eigenvalue weighted by Gasteiger charge is -2.33. The van der Waals surface area contributed by atoms with Crippen LogP contribution in [-0.2, 0) is 11.3 Å². The van der Waals surface area contributed by atoms with E-state index in [-0.39, 0.29) is 11.8 Å². The van der Waals surface area contributed by atoms with Gasteiger partial charge < -0.3 is 14.8 Å². The van der Waals surface area contributed by atoms with E-state index in [0.29, 0.717) is 24.6 Å². The fourth-order valence-corrected chi connectivity index (χ4v) is 3.95. The normalized spacial score (nSPS) is 16.9. The van der Waals surface area contributed by atoms with E-state index in [1.54, 1.807) is 36.1 Å². The van der Waals surface area contributed by atoms with E-state index in [1.807, 2.05) is 11.0 Å². The van der Waals surface area contributed by atoms with Gasteiger partial charge in [0.15, 0.2) is 0 Å². The van der Waals surface area contributed by atoms with Crippen LogP contribution < -0.4 is 0 Å². The highest BCUT2D eigenvalue weighted by molar-refractivity contribution is 5.97. The van der Waals surface area contributed by atoms with E-state index in [0.717, 1.165) is 36.8 Å². The standard InChI is InChI=1S/C21H26N6O2/c1-25(2)21(29)19-13-16-6-5-15(12-18(16)23-19)17-4-3-9-26(14-17)20(28)7-10-27-11-8-22-24-27/h5-6,8,11-13,17,23H,3-4,7,9-10,14H2,1-2H3. The highest BCUT2D eigenvalue weighted by Crippen LogP contribution is 2.30. The predicted octanol–water partition coefficient (Wildman–Crippen LogP) is 2.26. The molecule has 152 valence electrons. The monoisotopic (exact) mass is 394 g/mol. The van der Waals surface area contributed by atoms with Crippen LogP contribution in [0, 0.1) is 0 Å². The number of carbonyl (C=O) groups is 2. The second-order valence-electron chi connectivity index (χ2n) is 7.82. The number of amides is 2. The maximum absolute atomic E-state index is 12.6. The number of H-pyrrole nitrogens is 1. The van der Waals surface area contributed by atoms with Gasteiger partial charge in [-0.05, 0) is 30.5 Å². The van der Waals surface area contributed by atoms with Gasteiger partial charge in [-0.1, -0.05) is 17.3 Å². The van der Waals surface area contributed by atoms with Crippen molar-refractivity contribution in [3.05, 3.63) is 47.9 Å². The molecule has 1 unspecified atom stereocenters. The van der Waals surface area contributed by atoms with Gasteiger partial charge in [-0.3, -0.25) is 14.3 Å². The van der Waals surface area contributed by atoms with Gasteiger partial charge in [0.1, 0.15) is 5.69 Å². The van der Waals surface area contributed by atoms with Crippen molar-refractivity contribution in [2.45, 2.75) is 31.7 Å². The van der Waals surface area contributed by atoms with E-state index in [4.69, 9.17) is 0 Å². The summed E-state index contributed by atoms with van der Waals surface area (Å²) in [7, 11) is 3.49. The van der Waals surface area contributed by atoms with Crippen molar-refractivity contribution in [1.29, 1.82) is 0 Å². The molecule has 1 N–H and O–H groups in total. The number of carbonyl (C=O) groups excluding carboxylic acids is 2. The third-order valence-corrected chi connectivity index (χ3v) is 5.56. The summed E-state index contributed by atoms with van der Waals surface area (Å²) in [6.07, 6.45) is 5.88. The molecule has 8 nitrogen and oxygen atoms in total. The summed E-state index contributed by atoms with van der Waals surface area (Å²) in [4.78, 5) is 31.6. The van der Waals surface area contributed by atoms with Crippen molar-refractivity contribution in [3.63, 3.8) is 0 Å². The zero-order chi connectivity index (χ0) is 20.4. The molecule has 29 heavy (non-hydrogen) atoms. The molecule has 3 heterocycles. The quantitative estimate of drug-likeness (QED) is 0.719. The Labute approximate surface area is 169 Å². The second-order valence-corrected chi connectivity index (χ2v) is 7.82. The van der Waals surface area contributed by atoms with Crippen LogP contribution in [0.2, 0.25) is 0 Å². The number of nitrogens with one attached hydrogen (secondary N) is 1. The average molecular weight is 394 g/mol. The molecule has 4 rings (SSSR count). The van der Waals surface area contributed by atoms with E-state index >= 15 is 0 Å². The summed E-state index contributed by atoms with van der Waals surface area (Å²) in [6, 6.07) is 8.19. The molecular weight excluding hydrogens is 368 g/mol. The minimum Gasteiger partial charge on any atom is -0.351 e. The molecule has 0 aliphatic carbocycles. The van der Waals surface area contributed by atoms with Crippen molar-refractivity contribution >= 4 is 22.7 Å². The maximum atomic E-state index is 12.6. The van der Waals surface area contributed by atoms with E-state index in [1.165, 1.54) is 5.56 Å². The number of nitrogens with zero attached hydrogens (tertiary/aromatic N) is 5. The molecule has 1 aromatic carbocycles. The number of likely N-dealkylation sites (tertiary alicyclic amines) is 1. The first-order valence-corrected chi connectivity index (χ1v) is 9.97. The molecular formula is C21H26N6O2. The molecule has 2 aromatic heterocycles. The van der Waals surface area contributed by atoms with Gasteiger partial charge in [0.05, 0.1) is 12.7 Å². The first-order valence-electron chi connectivity index (χ1n) is 9.97. The highest BCUT2D eigenvalue weighted by Gasteiger charge is 2.25. The zero-order valence-corrected chi connectivity index (χ0v) is 16.8. The Bertz CT molecular complexity index is 1010.